The van der Waals surface area contributed by atoms with Crippen LogP contribution in [0.15, 0.2) is 0 Å². The van der Waals surface area contributed by atoms with Crippen molar-refractivity contribution in [3.8, 4) is 0 Å². The molecule has 26 heavy (non-hydrogen) atoms. The number of fused-ring (bicyclic) bond motifs is 5. The van der Waals surface area contributed by atoms with E-state index in [-0.39, 0.29) is 0 Å². The van der Waals surface area contributed by atoms with Crippen molar-refractivity contribution < 1.29 is 4.79 Å². The fourth-order valence-electron chi connectivity index (χ4n) is 7.41. The third-order valence-electron chi connectivity index (χ3n) is 8.45. The van der Waals surface area contributed by atoms with Crippen molar-refractivity contribution in [2.75, 3.05) is 5.75 Å². The van der Waals surface area contributed by atoms with Crippen molar-refractivity contribution in [3.63, 3.8) is 0 Å². The SMILES string of the molecule is CC(C)SCCC(S)C1CCC2C1CCC1C3CCCCC3C(=O)CC12. The molecular weight excluding hydrogens is 356 g/mol. The van der Waals surface area contributed by atoms with Gasteiger partial charge in [-0.25, -0.2) is 0 Å². The Morgan fingerprint density at radius 3 is 2.42 bits per heavy atom. The molecule has 4 fully saturated rings. The predicted molar refractivity (Wildman–Crippen MR) is 116 cm³/mol. The van der Waals surface area contributed by atoms with E-state index in [0.29, 0.717) is 17.0 Å². The molecule has 0 spiro atoms. The highest BCUT2D eigenvalue weighted by atomic mass is 32.2. The van der Waals surface area contributed by atoms with Crippen LogP contribution >= 0.6 is 24.4 Å². The largest absolute Gasteiger partial charge is 0.299 e. The van der Waals surface area contributed by atoms with E-state index in [1.807, 2.05) is 0 Å². The second-order valence-corrected chi connectivity index (χ2v) is 12.3. The maximum atomic E-state index is 12.9. The summed E-state index contributed by atoms with van der Waals surface area (Å²) < 4.78 is 0. The molecule has 0 bridgehead atoms. The zero-order valence-corrected chi connectivity index (χ0v) is 18.4. The zero-order valence-electron chi connectivity index (χ0n) is 16.7. The third-order valence-corrected chi connectivity index (χ3v) is 10.2. The van der Waals surface area contributed by atoms with Crippen molar-refractivity contribution in [2.24, 2.45) is 41.4 Å². The molecule has 0 aromatic heterocycles. The molecular formula is C23H38OS2. The lowest BCUT2D eigenvalue weighted by molar-refractivity contribution is -0.137. The van der Waals surface area contributed by atoms with E-state index in [0.717, 1.165) is 47.2 Å². The number of hydrogen-bond donors (Lipinski definition) is 1. The molecule has 0 aromatic carbocycles. The highest BCUT2D eigenvalue weighted by Crippen LogP contribution is 2.59. The molecule has 3 heteroatoms. The summed E-state index contributed by atoms with van der Waals surface area (Å²) in [5.41, 5.74) is 0. The number of ketones is 1. The first kappa shape index (κ1) is 19.7. The lowest BCUT2D eigenvalue weighted by Crippen LogP contribution is -2.48. The standard InChI is InChI=1S/C23H38OS2/c1-14(2)26-12-11-23(25)20-10-9-18-16(20)7-8-17-15-5-3-4-6-19(15)22(24)13-21(17)18/h14-21,23,25H,3-13H2,1-2H3. The van der Waals surface area contributed by atoms with Gasteiger partial charge in [0.1, 0.15) is 5.78 Å². The molecule has 4 saturated carbocycles. The van der Waals surface area contributed by atoms with Gasteiger partial charge in [-0.1, -0.05) is 26.7 Å². The van der Waals surface area contributed by atoms with Gasteiger partial charge in [0, 0.05) is 17.6 Å². The molecule has 0 radical (unpaired) electrons. The van der Waals surface area contributed by atoms with Gasteiger partial charge in [0.15, 0.2) is 0 Å². The van der Waals surface area contributed by atoms with Crippen molar-refractivity contribution in [3.05, 3.63) is 0 Å². The van der Waals surface area contributed by atoms with E-state index < -0.39 is 0 Å². The van der Waals surface area contributed by atoms with Crippen LogP contribution in [0.1, 0.15) is 78.1 Å². The molecule has 8 atom stereocenters. The molecule has 0 aliphatic heterocycles. The van der Waals surface area contributed by atoms with Crippen LogP contribution in [0, 0.1) is 41.4 Å². The number of carbonyl (C=O) groups excluding carboxylic acids is 1. The Hall–Kier alpha value is 0.370. The first-order chi connectivity index (χ1) is 12.6. The Morgan fingerprint density at radius 1 is 0.923 bits per heavy atom. The quantitative estimate of drug-likeness (QED) is 0.554. The molecule has 4 aliphatic carbocycles. The van der Waals surface area contributed by atoms with Gasteiger partial charge in [0.05, 0.1) is 0 Å². The second kappa shape index (κ2) is 8.39. The Bertz CT molecular complexity index is 504. The summed E-state index contributed by atoms with van der Waals surface area (Å²) in [6.07, 6.45) is 13.0. The Balaban J connectivity index is 1.41. The summed E-state index contributed by atoms with van der Waals surface area (Å²) in [6.45, 7) is 4.59. The van der Waals surface area contributed by atoms with Gasteiger partial charge in [-0.3, -0.25) is 4.79 Å². The fraction of sp³-hybridized carbons (Fsp3) is 0.957. The minimum Gasteiger partial charge on any atom is -0.299 e. The van der Waals surface area contributed by atoms with Crippen LogP contribution in [0.2, 0.25) is 0 Å². The highest BCUT2D eigenvalue weighted by Gasteiger charge is 2.53. The zero-order chi connectivity index (χ0) is 18.3. The van der Waals surface area contributed by atoms with Gasteiger partial charge in [0.25, 0.3) is 0 Å². The normalized spacial score (nSPS) is 43.7. The van der Waals surface area contributed by atoms with Gasteiger partial charge in [-0.2, -0.15) is 24.4 Å². The van der Waals surface area contributed by atoms with Crippen LogP contribution in [0.4, 0.5) is 0 Å². The molecule has 8 unspecified atom stereocenters. The lowest BCUT2D eigenvalue weighted by atomic mass is 9.53. The highest BCUT2D eigenvalue weighted by molar-refractivity contribution is 7.99. The molecule has 4 aliphatic rings. The van der Waals surface area contributed by atoms with E-state index in [4.69, 9.17) is 12.6 Å². The number of hydrogen-bond acceptors (Lipinski definition) is 3. The minimum atomic E-state index is 0.449. The molecule has 0 amide bonds. The van der Waals surface area contributed by atoms with Crippen LogP contribution in [-0.4, -0.2) is 22.0 Å². The topological polar surface area (TPSA) is 17.1 Å². The lowest BCUT2D eigenvalue weighted by Gasteiger charge is -2.51. The van der Waals surface area contributed by atoms with Crippen molar-refractivity contribution in [1.29, 1.82) is 0 Å². The summed E-state index contributed by atoms with van der Waals surface area (Å²) in [5.74, 6) is 7.26. The van der Waals surface area contributed by atoms with Gasteiger partial charge >= 0.3 is 0 Å². The smallest absolute Gasteiger partial charge is 0.136 e. The molecule has 148 valence electrons. The number of carbonyl (C=O) groups is 1. The monoisotopic (exact) mass is 394 g/mol. The van der Waals surface area contributed by atoms with E-state index in [1.165, 1.54) is 63.5 Å². The average Bonchev–Trinajstić information content (AvgIpc) is 3.06. The first-order valence-corrected chi connectivity index (χ1v) is 12.9. The predicted octanol–water partition coefficient (Wildman–Crippen LogP) is 6.26. The third kappa shape index (κ3) is 3.78. The van der Waals surface area contributed by atoms with Crippen LogP contribution in [0.25, 0.3) is 0 Å². The molecule has 0 aromatic rings. The molecule has 0 saturated heterocycles. The van der Waals surface area contributed by atoms with Gasteiger partial charge < -0.3 is 0 Å². The van der Waals surface area contributed by atoms with E-state index in [1.54, 1.807) is 0 Å². The van der Waals surface area contributed by atoms with E-state index in [2.05, 4.69) is 25.6 Å². The Morgan fingerprint density at radius 2 is 1.62 bits per heavy atom. The van der Waals surface area contributed by atoms with Crippen molar-refractivity contribution >= 4 is 30.2 Å². The van der Waals surface area contributed by atoms with Gasteiger partial charge in [0.2, 0.25) is 0 Å². The molecule has 0 N–H and O–H groups in total. The summed E-state index contributed by atoms with van der Waals surface area (Å²) in [7, 11) is 0. The number of rotatable bonds is 5. The molecule has 4 rings (SSSR count). The average molecular weight is 395 g/mol. The van der Waals surface area contributed by atoms with E-state index >= 15 is 0 Å². The van der Waals surface area contributed by atoms with Gasteiger partial charge in [-0.05, 0) is 91.5 Å². The second-order valence-electron chi connectivity index (χ2n) is 9.97. The molecule has 0 heterocycles. The van der Waals surface area contributed by atoms with Crippen LogP contribution in [0.3, 0.4) is 0 Å². The maximum absolute atomic E-state index is 12.9. The van der Waals surface area contributed by atoms with Crippen LogP contribution in [0.5, 0.6) is 0 Å². The maximum Gasteiger partial charge on any atom is 0.136 e. The number of Topliss-reactive ketones (excluding diaryl/α,β-unsaturated/α-hetero) is 1. The summed E-state index contributed by atoms with van der Waals surface area (Å²) >= 11 is 7.16. The minimum absolute atomic E-state index is 0.449. The van der Waals surface area contributed by atoms with E-state index in [9.17, 15) is 4.79 Å². The number of thioether (sulfide) groups is 1. The first-order valence-electron chi connectivity index (χ1n) is 11.4. The van der Waals surface area contributed by atoms with Gasteiger partial charge in [-0.15, -0.1) is 0 Å². The van der Waals surface area contributed by atoms with Crippen LogP contribution < -0.4 is 0 Å². The summed E-state index contributed by atoms with van der Waals surface area (Å²) in [4.78, 5) is 12.9. The summed E-state index contributed by atoms with van der Waals surface area (Å²) in [6, 6.07) is 0. The fourth-order valence-corrected chi connectivity index (χ4v) is 8.95. The van der Waals surface area contributed by atoms with Crippen molar-refractivity contribution in [2.45, 2.75) is 88.6 Å². The Labute approximate surface area is 170 Å². The molecule has 1 nitrogen and oxygen atoms in total. The van der Waals surface area contributed by atoms with Crippen molar-refractivity contribution in [1.82, 2.24) is 0 Å². The summed E-state index contributed by atoms with van der Waals surface area (Å²) in [5, 5.41) is 1.31. The number of thiol groups is 1. The Kier molecular flexibility index (Phi) is 6.35. The van der Waals surface area contributed by atoms with Crippen LogP contribution in [-0.2, 0) is 4.79 Å².